The van der Waals surface area contributed by atoms with Crippen LogP contribution in [0.2, 0.25) is 0 Å². The molecule has 0 heterocycles. The maximum absolute atomic E-state index is 12.8. The van der Waals surface area contributed by atoms with E-state index in [-0.39, 0.29) is 5.75 Å². The molecule has 1 aromatic rings. The fourth-order valence-corrected chi connectivity index (χ4v) is 0.977. The van der Waals surface area contributed by atoms with Gasteiger partial charge >= 0.3 is 6.98 Å². The molecule has 0 spiro atoms. The van der Waals surface area contributed by atoms with E-state index in [1.807, 2.05) is 0 Å². The zero-order chi connectivity index (χ0) is 12.3. The highest BCUT2D eigenvalue weighted by molar-refractivity contribution is 6.66. The molecule has 1 rings (SSSR count). The highest BCUT2D eigenvalue weighted by atomic mass is 19.4. The zero-order valence-corrected chi connectivity index (χ0v) is 8.64. The molecule has 0 saturated heterocycles. The second-order valence-corrected chi connectivity index (χ2v) is 3.43. The van der Waals surface area contributed by atoms with Crippen molar-refractivity contribution in [1.29, 1.82) is 0 Å². The largest absolute Gasteiger partial charge is 0.508 e. The van der Waals surface area contributed by atoms with Gasteiger partial charge in [-0.15, -0.1) is 12.1 Å². The quantitative estimate of drug-likeness (QED) is 0.571. The van der Waals surface area contributed by atoms with Crippen LogP contribution in [0, 0.1) is 12.7 Å². The van der Waals surface area contributed by atoms with E-state index in [9.17, 15) is 17.3 Å². The fraction of sp³-hybridized carbons (Fsp3) is 0.200. The van der Waals surface area contributed by atoms with Crippen LogP contribution in [0.1, 0.15) is 5.56 Å². The van der Waals surface area contributed by atoms with Crippen molar-refractivity contribution in [2.75, 3.05) is 6.61 Å². The van der Waals surface area contributed by atoms with Gasteiger partial charge in [0.1, 0.15) is 11.6 Å². The first-order valence-corrected chi connectivity index (χ1v) is 4.57. The average molecular weight is 233 g/mol. The van der Waals surface area contributed by atoms with E-state index in [4.69, 9.17) is 4.74 Å². The van der Waals surface area contributed by atoms with Crippen LogP contribution in [0.4, 0.5) is 17.3 Å². The molecule has 1 nitrogen and oxygen atoms in total. The van der Waals surface area contributed by atoms with E-state index in [1.165, 1.54) is 19.1 Å². The van der Waals surface area contributed by atoms with Gasteiger partial charge in [-0.05, 0) is 30.7 Å². The van der Waals surface area contributed by atoms with Crippen molar-refractivity contribution in [2.45, 2.75) is 6.92 Å². The van der Waals surface area contributed by atoms with E-state index in [1.54, 1.807) is 0 Å². The van der Waals surface area contributed by atoms with Gasteiger partial charge in [0, 0.05) is 0 Å². The number of halogens is 4. The Hall–Kier alpha value is -1.46. The van der Waals surface area contributed by atoms with Crippen molar-refractivity contribution in [1.82, 2.24) is 0 Å². The predicted octanol–water partition coefficient (Wildman–Crippen LogP) is 3.46. The lowest BCUT2D eigenvalue weighted by Gasteiger charge is -2.18. The van der Waals surface area contributed by atoms with Gasteiger partial charge in [-0.2, -0.15) is 0 Å². The number of aryl methyl sites for hydroxylation is 1. The van der Waals surface area contributed by atoms with Gasteiger partial charge in [0.25, 0.3) is 0 Å². The third kappa shape index (κ3) is 3.29. The van der Waals surface area contributed by atoms with Crippen molar-refractivity contribution in [3.05, 3.63) is 41.6 Å². The molecule has 0 saturated carbocycles. The molecule has 0 N–H and O–H groups in total. The molecular formula is C10H10BF4O-. The Morgan fingerprint density at radius 3 is 2.50 bits per heavy atom. The second-order valence-electron chi connectivity index (χ2n) is 3.43. The number of hydrogen-bond donors (Lipinski definition) is 0. The molecule has 0 aliphatic carbocycles. The maximum atomic E-state index is 12.8. The molecule has 0 fully saturated rings. The number of rotatable bonds is 4. The lowest BCUT2D eigenvalue weighted by molar-refractivity contribution is 0.346. The molecule has 0 radical (unpaired) electrons. The smallest absolute Gasteiger partial charge is 0.492 e. The van der Waals surface area contributed by atoms with Crippen molar-refractivity contribution in [3.63, 3.8) is 0 Å². The summed E-state index contributed by atoms with van der Waals surface area (Å²) in [6, 6.07) is 3.76. The normalized spacial score (nSPS) is 11.3. The summed E-state index contributed by atoms with van der Waals surface area (Å²) in [6.07, 6.45) is 0. The van der Waals surface area contributed by atoms with Crippen LogP contribution in [-0.2, 0) is 0 Å². The van der Waals surface area contributed by atoms with Crippen molar-refractivity contribution < 1.29 is 22.1 Å². The number of ether oxygens (including phenoxy) is 1. The molecule has 0 amide bonds. The topological polar surface area (TPSA) is 9.23 Å². The van der Waals surface area contributed by atoms with Gasteiger partial charge in [-0.25, -0.2) is 4.39 Å². The van der Waals surface area contributed by atoms with Crippen LogP contribution in [0.15, 0.2) is 30.3 Å². The van der Waals surface area contributed by atoms with E-state index < -0.39 is 24.9 Å². The molecule has 0 aliphatic rings. The Kier molecular flexibility index (Phi) is 3.62. The lowest BCUT2D eigenvalue weighted by atomic mass is 9.81. The third-order valence-electron chi connectivity index (χ3n) is 2.02. The molecule has 0 aliphatic heterocycles. The highest BCUT2D eigenvalue weighted by Gasteiger charge is 2.26. The molecule has 0 bridgehead atoms. The van der Waals surface area contributed by atoms with E-state index in [2.05, 4.69) is 6.58 Å². The summed E-state index contributed by atoms with van der Waals surface area (Å²) in [5.41, 5.74) is -0.595. The van der Waals surface area contributed by atoms with Gasteiger partial charge in [0.15, 0.2) is 0 Å². The van der Waals surface area contributed by atoms with Gasteiger partial charge in [-0.1, -0.05) is 0 Å². The molecule has 0 unspecified atom stereocenters. The number of benzene rings is 1. The van der Waals surface area contributed by atoms with Crippen LogP contribution in [-0.4, -0.2) is 13.6 Å². The van der Waals surface area contributed by atoms with Crippen molar-refractivity contribution >= 4 is 6.98 Å². The molecule has 16 heavy (non-hydrogen) atoms. The van der Waals surface area contributed by atoms with Crippen LogP contribution < -0.4 is 4.74 Å². The molecule has 6 heteroatoms. The summed E-state index contributed by atoms with van der Waals surface area (Å²) in [5, 5.41) is 0. The maximum Gasteiger partial charge on any atom is 0.508 e. The molecular weight excluding hydrogens is 223 g/mol. The van der Waals surface area contributed by atoms with E-state index >= 15 is 0 Å². The van der Waals surface area contributed by atoms with Crippen molar-refractivity contribution in [2.24, 2.45) is 0 Å². The highest BCUT2D eigenvalue weighted by Crippen LogP contribution is 2.21. The predicted molar refractivity (Wildman–Crippen MR) is 54.9 cm³/mol. The van der Waals surface area contributed by atoms with Crippen LogP contribution in [0.5, 0.6) is 5.75 Å². The first kappa shape index (κ1) is 12.6. The van der Waals surface area contributed by atoms with Crippen LogP contribution in [0.25, 0.3) is 0 Å². The fourth-order valence-electron chi connectivity index (χ4n) is 0.977. The second kappa shape index (κ2) is 4.59. The summed E-state index contributed by atoms with van der Waals surface area (Å²) in [6.45, 7) is -1.32. The van der Waals surface area contributed by atoms with Gasteiger partial charge in [-0.3, -0.25) is 0 Å². The Labute approximate surface area is 90.8 Å². The SMILES string of the molecule is C=C(COc1ccc(F)c(C)c1)[B-](F)(F)F. The lowest BCUT2D eigenvalue weighted by Crippen LogP contribution is -2.23. The first-order valence-electron chi connectivity index (χ1n) is 4.57. The van der Waals surface area contributed by atoms with Gasteiger partial charge in [0.05, 0.1) is 6.61 Å². The Morgan fingerprint density at radius 1 is 1.38 bits per heavy atom. The molecule has 88 valence electrons. The molecule has 0 atom stereocenters. The summed E-state index contributed by atoms with van der Waals surface area (Å²) in [7, 11) is 0. The average Bonchev–Trinajstić information content (AvgIpc) is 2.18. The molecule has 1 aromatic carbocycles. The summed E-state index contributed by atoms with van der Waals surface area (Å²) in [4.78, 5) is 0. The number of hydrogen-bond acceptors (Lipinski definition) is 1. The Bertz CT molecular complexity index is 400. The monoisotopic (exact) mass is 233 g/mol. The Balaban J connectivity index is 2.62. The third-order valence-corrected chi connectivity index (χ3v) is 2.02. The summed E-state index contributed by atoms with van der Waals surface area (Å²) in [5.74, 6) is -0.230. The Morgan fingerprint density at radius 2 is 2.00 bits per heavy atom. The zero-order valence-electron chi connectivity index (χ0n) is 8.64. The molecule has 0 aromatic heterocycles. The van der Waals surface area contributed by atoms with Crippen LogP contribution in [0.3, 0.4) is 0 Å². The minimum absolute atomic E-state index is 0.195. The summed E-state index contributed by atoms with van der Waals surface area (Å²) >= 11 is 0. The summed E-state index contributed by atoms with van der Waals surface area (Å²) < 4.78 is 54.1. The van der Waals surface area contributed by atoms with Crippen molar-refractivity contribution in [3.8, 4) is 5.75 Å². The van der Waals surface area contributed by atoms with Gasteiger partial charge in [0.2, 0.25) is 0 Å². The van der Waals surface area contributed by atoms with Crippen LogP contribution >= 0.6 is 0 Å². The van der Waals surface area contributed by atoms with E-state index in [0.717, 1.165) is 6.07 Å². The minimum atomic E-state index is -5.08. The first-order chi connectivity index (χ1) is 7.30. The minimum Gasteiger partial charge on any atom is -0.492 e. The van der Waals surface area contributed by atoms with E-state index in [0.29, 0.717) is 5.56 Å². The van der Waals surface area contributed by atoms with Gasteiger partial charge < -0.3 is 17.7 Å². The standard InChI is InChI=1S/C10H10BF4O/c1-7-5-9(3-4-10(7)12)16-6-8(2)11(13,14)15/h3-5H,2,6H2,1H3/q-1.